The molecule has 1 aromatic rings. The van der Waals surface area contributed by atoms with E-state index in [2.05, 4.69) is 0 Å². The first-order valence-corrected chi connectivity index (χ1v) is 4.88. The van der Waals surface area contributed by atoms with Crippen LogP contribution in [-0.4, -0.2) is 30.4 Å². The van der Waals surface area contributed by atoms with Gasteiger partial charge in [0.1, 0.15) is 0 Å². The van der Waals surface area contributed by atoms with Gasteiger partial charge in [-0.3, -0.25) is 10.0 Å². The molecule has 0 aliphatic carbocycles. The number of hydroxylamine groups is 2. The van der Waals surface area contributed by atoms with Gasteiger partial charge in [-0.15, -0.1) is 0 Å². The molecular weight excluding hydrogens is 210 g/mol. The average Bonchev–Trinajstić information content (AvgIpc) is 2.29. The highest BCUT2D eigenvalue weighted by molar-refractivity contribution is 5.80. The summed E-state index contributed by atoms with van der Waals surface area (Å²) in [4.78, 5) is 11.3. The van der Waals surface area contributed by atoms with Crippen molar-refractivity contribution in [2.24, 2.45) is 0 Å². The van der Waals surface area contributed by atoms with Crippen LogP contribution in [0.25, 0.3) is 0 Å². The molecule has 0 aromatic heterocycles. The zero-order valence-electron chi connectivity index (χ0n) is 9.19. The lowest BCUT2D eigenvalue weighted by Crippen LogP contribution is -2.33. The Hall–Kier alpha value is -1.75. The number of benzene rings is 1. The minimum atomic E-state index is -0.306. The van der Waals surface area contributed by atoms with Crippen molar-refractivity contribution in [3.05, 3.63) is 23.3 Å². The number of fused-ring (bicyclic) bond motifs is 1. The van der Waals surface area contributed by atoms with Gasteiger partial charge in [0, 0.05) is 0 Å². The van der Waals surface area contributed by atoms with Gasteiger partial charge in [0.05, 0.1) is 27.2 Å². The van der Waals surface area contributed by atoms with Crippen molar-refractivity contribution in [2.75, 3.05) is 14.2 Å². The first kappa shape index (κ1) is 10.8. The van der Waals surface area contributed by atoms with E-state index in [9.17, 15) is 10.0 Å². The first-order chi connectivity index (χ1) is 7.65. The minimum Gasteiger partial charge on any atom is -0.493 e. The van der Waals surface area contributed by atoms with E-state index in [-0.39, 0.29) is 18.9 Å². The van der Waals surface area contributed by atoms with Gasteiger partial charge >= 0.3 is 0 Å². The lowest BCUT2D eigenvalue weighted by Gasteiger charge is -2.24. The average molecular weight is 223 g/mol. The van der Waals surface area contributed by atoms with E-state index in [0.717, 1.165) is 11.1 Å². The van der Waals surface area contributed by atoms with Gasteiger partial charge in [0.2, 0.25) is 0 Å². The van der Waals surface area contributed by atoms with Crippen LogP contribution in [0.3, 0.4) is 0 Å². The second-order valence-electron chi connectivity index (χ2n) is 3.60. The van der Waals surface area contributed by atoms with Crippen LogP contribution >= 0.6 is 0 Å². The second kappa shape index (κ2) is 4.02. The molecule has 16 heavy (non-hydrogen) atoms. The Morgan fingerprint density at radius 2 is 1.75 bits per heavy atom. The highest BCUT2D eigenvalue weighted by atomic mass is 16.5. The third kappa shape index (κ3) is 1.69. The number of hydrogen-bond donors (Lipinski definition) is 1. The minimum absolute atomic E-state index is 0.187. The number of carbonyl (C=O) groups is 1. The van der Waals surface area contributed by atoms with Crippen molar-refractivity contribution >= 4 is 5.91 Å². The Kier molecular flexibility index (Phi) is 2.70. The van der Waals surface area contributed by atoms with E-state index in [0.29, 0.717) is 16.6 Å². The number of carbonyl (C=O) groups excluding carboxylic acids is 1. The van der Waals surface area contributed by atoms with Gasteiger partial charge in [-0.2, -0.15) is 0 Å². The largest absolute Gasteiger partial charge is 0.493 e. The maximum atomic E-state index is 11.3. The van der Waals surface area contributed by atoms with Crippen LogP contribution in [-0.2, 0) is 17.8 Å². The fourth-order valence-electron chi connectivity index (χ4n) is 1.78. The summed E-state index contributed by atoms with van der Waals surface area (Å²) in [6.07, 6.45) is 0.187. The number of nitrogens with zero attached hydrogens (tertiary/aromatic N) is 1. The van der Waals surface area contributed by atoms with Crippen LogP contribution in [0.15, 0.2) is 12.1 Å². The van der Waals surface area contributed by atoms with Crippen molar-refractivity contribution in [1.82, 2.24) is 5.06 Å². The topological polar surface area (TPSA) is 59.0 Å². The van der Waals surface area contributed by atoms with Crippen LogP contribution in [0.5, 0.6) is 11.5 Å². The van der Waals surface area contributed by atoms with Crippen molar-refractivity contribution in [3.8, 4) is 11.5 Å². The van der Waals surface area contributed by atoms with E-state index in [1.54, 1.807) is 26.4 Å². The fraction of sp³-hybridized carbons (Fsp3) is 0.364. The molecular formula is C11H13NO4. The Labute approximate surface area is 93.1 Å². The summed E-state index contributed by atoms with van der Waals surface area (Å²) >= 11 is 0. The molecule has 0 saturated carbocycles. The molecule has 1 heterocycles. The van der Waals surface area contributed by atoms with Crippen molar-refractivity contribution in [2.45, 2.75) is 13.0 Å². The van der Waals surface area contributed by atoms with Crippen LogP contribution in [0.4, 0.5) is 0 Å². The summed E-state index contributed by atoms with van der Waals surface area (Å²) in [5, 5.41) is 10.0. The highest BCUT2D eigenvalue weighted by Crippen LogP contribution is 2.33. The summed E-state index contributed by atoms with van der Waals surface area (Å²) < 4.78 is 10.3. The molecule has 0 atom stereocenters. The first-order valence-electron chi connectivity index (χ1n) is 4.88. The third-order valence-corrected chi connectivity index (χ3v) is 2.66. The quantitative estimate of drug-likeness (QED) is 0.759. The Morgan fingerprint density at radius 1 is 1.19 bits per heavy atom. The molecule has 1 aromatic carbocycles. The smallest absolute Gasteiger partial charge is 0.250 e. The molecule has 1 N–H and O–H groups in total. The lowest BCUT2D eigenvalue weighted by atomic mass is 9.99. The molecule has 5 nitrogen and oxygen atoms in total. The van der Waals surface area contributed by atoms with E-state index < -0.39 is 0 Å². The fourth-order valence-corrected chi connectivity index (χ4v) is 1.78. The molecule has 1 amide bonds. The van der Waals surface area contributed by atoms with Gasteiger partial charge in [-0.1, -0.05) is 0 Å². The maximum Gasteiger partial charge on any atom is 0.250 e. The predicted molar refractivity (Wildman–Crippen MR) is 55.6 cm³/mol. The molecule has 1 aliphatic rings. The summed E-state index contributed by atoms with van der Waals surface area (Å²) in [7, 11) is 3.10. The molecule has 5 heteroatoms. The van der Waals surface area contributed by atoms with Crippen LogP contribution in [0, 0.1) is 0 Å². The Bertz CT molecular complexity index is 430. The summed E-state index contributed by atoms with van der Waals surface area (Å²) in [5.41, 5.74) is 1.74. The number of rotatable bonds is 2. The molecule has 86 valence electrons. The summed E-state index contributed by atoms with van der Waals surface area (Å²) in [6.45, 7) is 0.189. The zero-order chi connectivity index (χ0) is 11.7. The van der Waals surface area contributed by atoms with Gasteiger partial charge in [-0.05, 0) is 23.3 Å². The molecule has 0 bridgehead atoms. The zero-order valence-corrected chi connectivity index (χ0v) is 9.19. The van der Waals surface area contributed by atoms with Gasteiger partial charge in [-0.25, -0.2) is 5.06 Å². The summed E-state index contributed by atoms with van der Waals surface area (Å²) in [6, 6.07) is 3.56. The second-order valence-corrected chi connectivity index (χ2v) is 3.60. The van der Waals surface area contributed by atoms with E-state index in [4.69, 9.17) is 9.47 Å². The van der Waals surface area contributed by atoms with Crippen LogP contribution in [0.2, 0.25) is 0 Å². The summed E-state index contributed by atoms with van der Waals surface area (Å²) in [5.74, 6) is 0.893. The van der Waals surface area contributed by atoms with Crippen molar-refractivity contribution in [1.29, 1.82) is 0 Å². The molecule has 0 fully saturated rings. The number of hydrogen-bond acceptors (Lipinski definition) is 4. The van der Waals surface area contributed by atoms with Gasteiger partial charge in [0.15, 0.2) is 11.5 Å². The maximum absolute atomic E-state index is 11.3. The molecule has 2 rings (SSSR count). The van der Waals surface area contributed by atoms with Crippen LogP contribution in [0.1, 0.15) is 11.1 Å². The monoisotopic (exact) mass is 223 g/mol. The molecule has 1 aliphatic heterocycles. The van der Waals surface area contributed by atoms with Crippen molar-refractivity contribution < 1.29 is 19.5 Å². The molecule has 0 spiro atoms. The number of ether oxygens (including phenoxy) is 2. The number of methoxy groups -OCH3 is 2. The van der Waals surface area contributed by atoms with Gasteiger partial charge < -0.3 is 9.47 Å². The lowest BCUT2D eigenvalue weighted by molar-refractivity contribution is -0.168. The van der Waals surface area contributed by atoms with E-state index in [1.165, 1.54) is 0 Å². The van der Waals surface area contributed by atoms with Crippen molar-refractivity contribution in [3.63, 3.8) is 0 Å². The third-order valence-electron chi connectivity index (χ3n) is 2.66. The van der Waals surface area contributed by atoms with E-state index in [1.807, 2.05) is 0 Å². The molecule has 0 unspecified atom stereocenters. The normalized spacial score (nSPS) is 14.7. The predicted octanol–water partition coefficient (Wildman–Crippen LogP) is 0.978. The Balaban J connectivity index is 2.45. The molecule has 0 radical (unpaired) electrons. The highest BCUT2D eigenvalue weighted by Gasteiger charge is 2.23. The SMILES string of the molecule is COc1cc2c(cc1OC)CN(O)C(=O)C2. The Morgan fingerprint density at radius 3 is 2.31 bits per heavy atom. The number of amides is 1. The van der Waals surface area contributed by atoms with Crippen LogP contribution < -0.4 is 9.47 Å². The standard InChI is InChI=1S/C11H13NO4/c1-15-9-3-7-5-11(13)12(14)6-8(7)4-10(9)16-2/h3-4,14H,5-6H2,1-2H3. The molecule has 0 saturated heterocycles. The van der Waals surface area contributed by atoms with Gasteiger partial charge in [0.25, 0.3) is 5.91 Å². The van der Waals surface area contributed by atoms with E-state index >= 15 is 0 Å².